The van der Waals surface area contributed by atoms with Crippen LogP contribution in [0, 0.1) is 0 Å². The first-order valence-electron chi connectivity index (χ1n) is 6.48. The summed E-state index contributed by atoms with van der Waals surface area (Å²) in [5.74, 6) is -0.780. The molecule has 1 aromatic rings. The van der Waals surface area contributed by atoms with Crippen molar-refractivity contribution in [2.24, 2.45) is 0 Å². The Labute approximate surface area is 111 Å². The van der Waals surface area contributed by atoms with Crippen LogP contribution in [0.2, 0.25) is 0 Å². The van der Waals surface area contributed by atoms with Crippen LogP contribution >= 0.6 is 0 Å². The molecule has 1 saturated carbocycles. The molecule has 0 aromatic carbocycles. The van der Waals surface area contributed by atoms with Gasteiger partial charge in [-0.3, -0.25) is 0 Å². The molecule has 0 unspecified atom stereocenters. The molecule has 0 aliphatic heterocycles. The summed E-state index contributed by atoms with van der Waals surface area (Å²) in [6, 6.07) is 3.20. The summed E-state index contributed by atoms with van der Waals surface area (Å²) >= 11 is 0. The Morgan fingerprint density at radius 2 is 2.21 bits per heavy atom. The molecule has 1 fully saturated rings. The van der Waals surface area contributed by atoms with Gasteiger partial charge in [0, 0.05) is 12.6 Å². The van der Waals surface area contributed by atoms with Crippen molar-refractivity contribution in [3.63, 3.8) is 0 Å². The minimum Gasteiger partial charge on any atom is -0.475 e. The highest BCUT2D eigenvalue weighted by Crippen LogP contribution is 2.26. The Hall–Kier alpha value is -1.98. The van der Waals surface area contributed by atoms with Gasteiger partial charge in [-0.2, -0.15) is 0 Å². The maximum atomic E-state index is 12.0. The Kier molecular flexibility index (Phi) is 4.09. The number of hydrogen-bond donors (Lipinski definition) is 2. The Bertz CT molecular complexity index is 465. The first-order valence-corrected chi connectivity index (χ1v) is 6.48. The molecular formula is C13H18N2O4. The smallest absolute Gasteiger partial charge is 0.371 e. The molecule has 1 heterocycles. The topological polar surface area (TPSA) is 82.8 Å². The van der Waals surface area contributed by atoms with E-state index < -0.39 is 5.97 Å². The van der Waals surface area contributed by atoms with E-state index in [0.717, 1.165) is 25.8 Å². The number of rotatable bonds is 6. The third kappa shape index (κ3) is 3.49. The van der Waals surface area contributed by atoms with Gasteiger partial charge in [-0.05, 0) is 31.4 Å². The SMILES string of the molecule is CCCN(C(=O)NCc1ccc(C(=O)O)o1)C1CC1. The molecule has 1 aromatic heterocycles. The lowest BCUT2D eigenvalue weighted by atomic mass is 10.4. The second-order valence-electron chi connectivity index (χ2n) is 4.65. The quantitative estimate of drug-likeness (QED) is 0.825. The molecule has 1 aliphatic rings. The Morgan fingerprint density at radius 1 is 1.47 bits per heavy atom. The molecule has 2 N–H and O–H groups in total. The number of urea groups is 1. The van der Waals surface area contributed by atoms with E-state index >= 15 is 0 Å². The molecule has 1 aliphatic carbocycles. The van der Waals surface area contributed by atoms with Crippen LogP contribution in [0.15, 0.2) is 16.5 Å². The number of amides is 2. The van der Waals surface area contributed by atoms with Gasteiger partial charge in [0.1, 0.15) is 5.76 Å². The van der Waals surface area contributed by atoms with Crippen LogP contribution in [0.25, 0.3) is 0 Å². The van der Waals surface area contributed by atoms with Gasteiger partial charge >= 0.3 is 12.0 Å². The third-order valence-corrected chi connectivity index (χ3v) is 3.00. The number of aromatic carboxylic acids is 1. The van der Waals surface area contributed by atoms with Crippen molar-refractivity contribution >= 4 is 12.0 Å². The number of carboxylic acid groups (broad SMARTS) is 1. The molecular weight excluding hydrogens is 248 g/mol. The van der Waals surface area contributed by atoms with Gasteiger partial charge < -0.3 is 19.7 Å². The lowest BCUT2D eigenvalue weighted by Gasteiger charge is -2.21. The maximum Gasteiger partial charge on any atom is 0.371 e. The van der Waals surface area contributed by atoms with Crippen LogP contribution in [0.4, 0.5) is 4.79 Å². The van der Waals surface area contributed by atoms with Gasteiger partial charge in [-0.25, -0.2) is 9.59 Å². The number of carbonyl (C=O) groups is 2. The first kappa shape index (κ1) is 13.5. The second-order valence-corrected chi connectivity index (χ2v) is 4.65. The predicted molar refractivity (Wildman–Crippen MR) is 67.9 cm³/mol. The van der Waals surface area contributed by atoms with E-state index in [1.165, 1.54) is 6.07 Å². The highest BCUT2D eigenvalue weighted by Gasteiger charge is 2.31. The molecule has 0 bridgehead atoms. The van der Waals surface area contributed by atoms with Gasteiger partial charge in [0.25, 0.3) is 0 Å². The maximum absolute atomic E-state index is 12.0. The van der Waals surface area contributed by atoms with Crippen molar-refractivity contribution in [3.05, 3.63) is 23.7 Å². The van der Waals surface area contributed by atoms with Gasteiger partial charge in [-0.1, -0.05) is 6.92 Å². The zero-order chi connectivity index (χ0) is 13.8. The molecule has 0 spiro atoms. The molecule has 104 valence electrons. The lowest BCUT2D eigenvalue weighted by Crippen LogP contribution is -2.41. The fourth-order valence-electron chi connectivity index (χ4n) is 1.93. The van der Waals surface area contributed by atoms with Crippen molar-refractivity contribution in [2.45, 2.75) is 38.8 Å². The zero-order valence-electron chi connectivity index (χ0n) is 10.9. The zero-order valence-corrected chi connectivity index (χ0v) is 10.9. The Morgan fingerprint density at radius 3 is 2.74 bits per heavy atom. The van der Waals surface area contributed by atoms with E-state index in [-0.39, 0.29) is 18.3 Å². The predicted octanol–water partition coefficient (Wildman–Crippen LogP) is 2.06. The molecule has 2 amide bonds. The largest absolute Gasteiger partial charge is 0.475 e. The first-order chi connectivity index (χ1) is 9.11. The van der Waals surface area contributed by atoms with Crippen LogP contribution in [0.5, 0.6) is 0 Å². The van der Waals surface area contributed by atoms with E-state index in [1.54, 1.807) is 6.07 Å². The average molecular weight is 266 g/mol. The minimum atomic E-state index is -1.11. The standard InChI is InChI=1S/C13H18N2O4/c1-2-7-15(9-3-4-9)13(18)14-8-10-5-6-11(19-10)12(16)17/h5-6,9H,2-4,7-8H2,1H3,(H,14,18)(H,16,17). The van der Waals surface area contributed by atoms with Crippen molar-refractivity contribution < 1.29 is 19.1 Å². The van der Waals surface area contributed by atoms with E-state index in [0.29, 0.717) is 11.8 Å². The summed E-state index contributed by atoms with van der Waals surface area (Å²) in [6.45, 7) is 2.99. The molecule has 19 heavy (non-hydrogen) atoms. The summed E-state index contributed by atoms with van der Waals surface area (Å²) in [5.41, 5.74) is 0. The van der Waals surface area contributed by atoms with Crippen LogP contribution in [0.3, 0.4) is 0 Å². The van der Waals surface area contributed by atoms with Crippen molar-refractivity contribution in [1.29, 1.82) is 0 Å². The second kappa shape index (κ2) is 5.77. The van der Waals surface area contributed by atoms with Crippen LogP contribution in [0.1, 0.15) is 42.5 Å². The number of carbonyl (C=O) groups excluding carboxylic acids is 1. The highest BCUT2D eigenvalue weighted by atomic mass is 16.4. The van der Waals surface area contributed by atoms with Crippen LogP contribution in [-0.2, 0) is 6.54 Å². The van der Waals surface area contributed by atoms with Gasteiger partial charge in [0.2, 0.25) is 5.76 Å². The van der Waals surface area contributed by atoms with Gasteiger partial charge in [0.15, 0.2) is 0 Å². The molecule has 6 nitrogen and oxygen atoms in total. The normalized spacial score (nSPS) is 14.2. The summed E-state index contributed by atoms with van der Waals surface area (Å²) in [7, 11) is 0. The molecule has 2 rings (SSSR count). The monoisotopic (exact) mass is 266 g/mol. The van der Waals surface area contributed by atoms with Crippen molar-refractivity contribution in [3.8, 4) is 0 Å². The van der Waals surface area contributed by atoms with E-state index in [9.17, 15) is 9.59 Å². The minimum absolute atomic E-state index is 0.113. The van der Waals surface area contributed by atoms with E-state index in [4.69, 9.17) is 9.52 Å². The fourth-order valence-corrected chi connectivity index (χ4v) is 1.93. The Balaban J connectivity index is 1.86. The third-order valence-electron chi connectivity index (χ3n) is 3.00. The highest BCUT2D eigenvalue weighted by molar-refractivity contribution is 5.84. The molecule has 0 radical (unpaired) electrons. The fraction of sp³-hybridized carbons (Fsp3) is 0.538. The average Bonchev–Trinajstić information content (AvgIpc) is 3.10. The summed E-state index contributed by atoms with van der Waals surface area (Å²) < 4.78 is 5.08. The van der Waals surface area contributed by atoms with Crippen LogP contribution in [-0.4, -0.2) is 34.6 Å². The number of hydrogen-bond acceptors (Lipinski definition) is 3. The number of furan rings is 1. The van der Waals surface area contributed by atoms with Gasteiger partial charge in [-0.15, -0.1) is 0 Å². The molecule has 0 atom stereocenters. The molecule has 6 heteroatoms. The van der Waals surface area contributed by atoms with Gasteiger partial charge in [0.05, 0.1) is 6.54 Å². The number of nitrogens with zero attached hydrogens (tertiary/aromatic N) is 1. The van der Waals surface area contributed by atoms with Crippen molar-refractivity contribution in [1.82, 2.24) is 10.2 Å². The summed E-state index contributed by atoms with van der Waals surface area (Å²) in [6.07, 6.45) is 3.06. The van der Waals surface area contributed by atoms with Crippen molar-refractivity contribution in [2.75, 3.05) is 6.54 Å². The van der Waals surface area contributed by atoms with Crippen LogP contribution < -0.4 is 5.32 Å². The summed E-state index contributed by atoms with van der Waals surface area (Å²) in [5, 5.41) is 11.5. The van der Waals surface area contributed by atoms with E-state index in [2.05, 4.69) is 5.32 Å². The van der Waals surface area contributed by atoms with E-state index in [1.807, 2.05) is 11.8 Å². The number of nitrogens with one attached hydrogen (secondary N) is 1. The lowest BCUT2D eigenvalue weighted by molar-refractivity contribution is 0.0660. The number of carboxylic acids is 1. The molecule has 0 saturated heterocycles. The summed E-state index contributed by atoms with van der Waals surface area (Å²) in [4.78, 5) is 24.5.